The number of likely N-dealkylation sites (tertiary alicyclic amines) is 1. The molecule has 4 nitrogen and oxygen atoms in total. The van der Waals surface area contributed by atoms with Crippen molar-refractivity contribution in [1.82, 2.24) is 9.47 Å². The number of thiophene rings is 1. The molecule has 3 aromatic rings. The van der Waals surface area contributed by atoms with Gasteiger partial charge in [0.25, 0.3) is 0 Å². The summed E-state index contributed by atoms with van der Waals surface area (Å²) in [6, 6.07) is 10.4. The van der Waals surface area contributed by atoms with E-state index < -0.39 is 0 Å². The van der Waals surface area contributed by atoms with Gasteiger partial charge in [-0.1, -0.05) is 6.07 Å². The van der Waals surface area contributed by atoms with E-state index in [2.05, 4.69) is 42.0 Å². The van der Waals surface area contributed by atoms with Gasteiger partial charge in [0.15, 0.2) is 0 Å². The molecule has 1 aliphatic rings. The molecule has 1 saturated heterocycles. The molecule has 1 atom stereocenters. The van der Waals surface area contributed by atoms with Crippen molar-refractivity contribution in [3.05, 3.63) is 75.6 Å². The Morgan fingerprint density at radius 1 is 1.33 bits per heavy atom. The van der Waals surface area contributed by atoms with Gasteiger partial charge in [0.2, 0.25) is 5.91 Å². The highest BCUT2D eigenvalue weighted by molar-refractivity contribution is 7.10. The van der Waals surface area contributed by atoms with Crippen LogP contribution < -0.4 is 0 Å². The number of nitrogens with zero attached hydrogens (tertiary/aromatic N) is 2. The number of carbonyl (C=O) groups is 1. The average Bonchev–Trinajstić information content (AvgIpc) is 3.44. The minimum absolute atomic E-state index is 0.0988. The van der Waals surface area contributed by atoms with E-state index in [0.717, 1.165) is 42.1 Å². The highest BCUT2D eigenvalue weighted by Gasteiger charge is 2.29. The predicted octanol–water partition coefficient (Wildman–Crippen LogP) is 5.18. The van der Waals surface area contributed by atoms with Gasteiger partial charge in [-0.15, -0.1) is 11.3 Å². The van der Waals surface area contributed by atoms with E-state index in [1.807, 2.05) is 23.1 Å². The molecule has 0 spiro atoms. The summed E-state index contributed by atoms with van der Waals surface area (Å²) in [4.78, 5) is 16.1. The van der Waals surface area contributed by atoms with E-state index in [4.69, 9.17) is 4.42 Å². The molecule has 1 amide bonds. The lowest BCUT2D eigenvalue weighted by Gasteiger charge is -2.22. The van der Waals surface area contributed by atoms with Gasteiger partial charge in [-0.2, -0.15) is 0 Å². The molecule has 0 aliphatic carbocycles. The molecule has 5 heteroatoms. The minimum atomic E-state index is 0.0988. The normalized spacial score (nSPS) is 17.3. The van der Waals surface area contributed by atoms with Crippen LogP contribution in [0.4, 0.5) is 0 Å². The molecule has 27 heavy (non-hydrogen) atoms. The summed E-state index contributed by atoms with van der Waals surface area (Å²) in [7, 11) is 0. The van der Waals surface area contributed by atoms with Crippen LogP contribution in [0.5, 0.6) is 0 Å². The highest BCUT2D eigenvalue weighted by Crippen LogP contribution is 2.34. The fourth-order valence-corrected chi connectivity index (χ4v) is 4.74. The number of hydrogen-bond acceptors (Lipinski definition) is 3. The second-order valence-electron chi connectivity index (χ2n) is 7.03. The molecular weight excluding hydrogens is 356 g/mol. The molecule has 3 aromatic heterocycles. The zero-order chi connectivity index (χ0) is 18.8. The average molecular weight is 381 g/mol. The summed E-state index contributed by atoms with van der Waals surface area (Å²) in [6.07, 6.45) is 7.50. The van der Waals surface area contributed by atoms with Crippen LogP contribution in [0, 0.1) is 13.8 Å². The topological polar surface area (TPSA) is 38.4 Å². The van der Waals surface area contributed by atoms with E-state index in [-0.39, 0.29) is 11.9 Å². The van der Waals surface area contributed by atoms with Gasteiger partial charge in [-0.3, -0.25) is 4.79 Å². The van der Waals surface area contributed by atoms with Gasteiger partial charge < -0.3 is 13.9 Å². The quantitative estimate of drug-likeness (QED) is 0.572. The third-order valence-corrected chi connectivity index (χ3v) is 6.29. The van der Waals surface area contributed by atoms with Crippen LogP contribution in [0.1, 0.15) is 46.5 Å². The molecule has 0 saturated carbocycles. The van der Waals surface area contributed by atoms with Gasteiger partial charge in [0.1, 0.15) is 5.76 Å². The number of furan rings is 1. The van der Waals surface area contributed by atoms with Crippen molar-refractivity contribution in [1.29, 1.82) is 0 Å². The number of aryl methyl sites for hydroxylation is 1. The van der Waals surface area contributed by atoms with Crippen molar-refractivity contribution in [3.63, 3.8) is 0 Å². The summed E-state index contributed by atoms with van der Waals surface area (Å²) >= 11 is 1.73. The zero-order valence-electron chi connectivity index (χ0n) is 15.7. The first-order valence-corrected chi connectivity index (χ1v) is 10.2. The summed E-state index contributed by atoms with van der Waals surface area (Å²) in [5, 5.41) is 2.08. The third kappa shape index (κ3) is 3.65. The van der Waals surface area contributed by atoms with Crippen molar-refractivity contribution < 1.29 is 9.21 Å². The Morgan fingerprint density at radius 2 is 2.22 bits per heavy atom. The van der Waals surface area contributed by atoms with Crippen molar-refractivity contribution in [3.8, 4) is 0 Å². The Balaban J connectivity index is 1.50. The second-order valence-corrected chi connectivity index (χ2v) is 8.01. The predicted molar refractivity (Wildman–Crippen MR) is 109 cm³/mol. The summed E-state index contributed by atoms with van der Waals surface area (Å²) in [5.74, 6) is 1.03. The molecule has 0 aromatic carbocycles. The van der Waals surface area contributed by atoms with Crippen LogP contribution in [0.2, 0.25) is 0 Å². The van der Waals surface area contributed by atoms with Gasteiger partial charge in [0, 0.05) is 28.9 Å². The van der Waals surface area contributed by atoms with Crippen LogP contribution in [-0.4, -0.2) is 21.9 Å². The molecule has 1 aliphatic heterocycles. The van der Waals surface area contributed by atoms with Crippen molar-refractivity contribution in [2.45, 2.75) is 39.3 Å². The van der Waals surface area contributed by atoms with Crippen molar-refractivity contribution in [2.24, 2.45) is 0 Å². The van der Waals surface area contributed by atoms with Crippen LogP contribution in [0.15, 0.2) is 52.5 Å². The smallest absolute Gasteiger partial charge is 0.247 e. The summed E-state index contributed by atoms with van der Waals surface area (Å²) in [5.41, 5.74) is 3.39. The van der Waals surface area contributed by atoms with Crippen LogP contribution in [0.25, 0.3) is 6.08 Å². The van der Waals surface area contributed by atoms with E-state index >= 15 is 0 Å². The first kappa shape index (κ1) is 17.9. The Bertz CT molecular complexity index is 936. The summed E-state index contributed by atoms with van der Waals surface area (Å²) in [6.45, 7) is 5.72. The minimum Gasteiger partial charge on any atom is -0.467 e. The number of amides is 1. The van der Waals surface area contributed by atoms with Gasteiger partial charge in [-0.05, 0) is 68.0 Å². The monoisotopic (exact) mass is 380 g/mol. The molecule has 4 heterocycles. The molecule has 0 N–H and O–H groups in total. The lowest BCUT2D eigenvalue weighted by molar-refractivity contribution is -0.126. The van der Waals surface area contributed by atoms with Crippen LogP contribution >= 0.6 is 11.3 Å². The summed E-state index contributed by atoms with van der Waals surface area (Å²) < 4.78 is 7.69. The van der Waals surface area contributed by atoms with Gasteiger partial charge in [-0.25, -0.2) is 0 Å². The molecule has 1 unspecified atom stereocenters. The fraction of sp³-hybridized carbons (Fsp3) is 0.318. The molecule has 1 fully saturated rings. The maximum Gasteiger partial charge on any atom is 0.247 e. The standard InChI is InChI=1S/C22H24N2O2S/c1-16-14-18(17(2)24(16)15-19-6-4-12-26-19)9-10-22(25)23-11-3-7-20(23)21-8-5-13-27-21/h4-6,8-10,12-14,20H,3,7,11,15H2,1-2H3. The second kappa shape index (κ2) is 7.61. The highest BCUT2D eigenvalue weighted by atomic mass is 32.1. The Labute approximate surface area is 163 Å². The lowest BCUT2D eigenvalue weighted by atomic mass is 10.2. The lowest BCUT2D eigenvalue weighted by Crippen LogP contribution is -2.28. The fourth-order valence-electron chi connectivity index (χ4n) is 3.86. The van der Waals surface area contributed by atoms with E-state index in [1.54, 1.807) is 23.7 Å². The van der Waals surface area contributed by atoms with Gasteiger partial charge in [0.05, 0.1) is 18.8 Å². The van der Waals surface area contributed by atoms with Gasteiger partial charge >= 0.3 is 0 Å². The molecule has 0 bridgehead atoms. The van der Waals surface area contributed by atoms with E-state index in [1.165, 1.54) is 4.88 Å². The first-order chi connectivity index (χ1) is 13.1. The number of aromatic nitrogens is 1. The van der Waals surface area contributed by atoms with E-state index in [9.17, 15) is 4.79 Å². The Kier molecular flexibility index (Phi) is 5.03. The number of rotatable bonds is 5. The molecule has 4 rings (SSSR count). The molecular formula is C22H24N2O2S. The Morgan fingerprint density at radius 3 is 2.96 bits per heavy atom. The third-order valence-electron chi connectivity index (χ3n) is 5.32. The molecule has 0 radical (unpaired) electrons. The largest absolute Gasteiger partial charge is 0.467 e. The van der Waals surface area contributed by atoms with Crippen LogP contribution in [-0.2, 0) is 11.3 Å². The van der Waals surface area contributed by atoms with Crippen molar-refractivity contribution >= 4 is 23.3 Å². The number of carbonyl (C=O) groups excluding carboxylic acids is 1. The Hall–Kier alpha value is -2.53. The number of hydrogen-bond donors (Lipinski definition) is 0. The SMILES string of the molecule is Cc1cc(C=CC(=O)N2CCCC2c2cccs2)c(C)n1Cc1ccco1. The van der Waals surface area contributed by atoms with Crippen LogP contribution in [0.3, 0.4) is 0 Å². The maximum absolute atomic E-state index is 12.8. The first-order valence-electron chi connectivity index (χ1n) is 9.34. The molecule has 140 valence electrons. The zero-order valence-corrected chi connectivity index (χ0v) is 16.5. The van der Waals surface area contributed by atoms with E-state index in [0.29, 0.717) is 6.54 Å². The maximum atomic E-state index is 12.8. The van der Waals surface area contributed by atoms with Crippen molar-refractivity contribution in [2.75, 3.05) is 6.54 Å².